The Balaban J connectivity index is 2.77. The van der Waals surface area contributed by atoms with Crippen molar-refractivity contribution >= 4 is 15.9 Å². The van der Waals surface area contributed by atoms with Crippen molar-refractivity contribution in [2.24, 2.45) is 0 Å². The van der Waals surface area contributed by atoms with Crippen molar-refractivity contribution in [1.29, 1.82) is 0 Å². The summed E-state index contributed by atoms with van der Waals surface area (Å²) in [6, 6.07) is 0.505. The first-order valence-corrected chi connectivity index (χ1v) is 7.88. The van der Waals surface area contributed by atoms with Crippen LogP contribution in [0, 0.1) is 6.92 Å². The van der Waals surface area contributed by atoms with Gasteiger partial charge in [0.1, 0.15) is 0 Å². The first-order valence-electron chi connectivity index (χ1n) is 7.09. The molecule has 0 bridgehead atoms. The molecule has 0 aliphatic rings. The fourth-order valence-corrected chi connectivity index (χ4v) is 2.72. The molecular weight excluding hydrogens is 304 g/mol. The van der Waals surface area contributed by atoms with E-state index >= 15 is 0 Å². The van der Waals surface area contributed by atoms with Crippen LogP contribution in [0.4, 0.5) is 0 Å². The highest BCUT2D eigenvalue weighted by Gasteiger charge is 2.17. The number of hydrogen-bond donors (Lipinski definition) is 1. The highest BCUT2D eigenvalue weighted by Crippen LogP contribution is 2.22. The van der Waals surface area contributed by atoms with Crippen LogP contribution in [0.3, 0.4) is 0 Å². The predicted octanol–water partition coefficient (Wildman–Crippen LogP) is 2.45. The summed E-state index contributed by atoms with van der Waals surface area (Å²) in [7, 11) is 4.25. The zero-order valence-corrected chi connectivity index (χ0v) is 14.4. The van der Waals surface area contributed by atoms with Gasteiger partial charge >= 0.3 is 0 Å². The molecule has 1 N–H and O–H groups in total. The van der Waals surface area contributed by atoms with Crippen molar-refractivity contribution in [3.63, 3.8) is 0 Å². The van der Waals surface area contributed by atoms with Crippen LogP contribution >= 0.6 is 15.9 Å². The molecule has 1 rings (SSSR count). The van der Waals surface area contributed by atoms with Gasteiger partial charge in [-0.15, -0.1) is 0 Å². The topological polar surface area (TPSA) is 33.1 Å². The first-order chi connectivity index (χ1) is 8.99. The first kappa shape index (κ1) is 16.7. The van der Waals surface area contributed by atoms with Gasteiger partial charge in [-0.05, 0) is 63.4 Å². The smallest absolute Gasteiger partial charge is 0.0738 e. The SMILES string of the molecule is CCNC(CCN(C)C)Cc1c(Br)c(C)nn1CC. The molecule has 19 heavy (non-hydrogen) atoms. The monoisotopic (exact) mass is 330 g/mol. The fraction of sp³-hybridized carbons (Fsp3) is 0.786. The second kappa shape index (κ2) is 8.02. The van der Waals surface area contributed by atoms with E-state index in [4.69, 9.17) is 0 Å². The van der Waals surface area contributed by atoms with Crippen molar-refractivity contribution in [3.05, 3.63) is 15.9 Å². The molecule has 1 aromatic heterocycles. The van der Waals surface area contributed by atoms with Gasteiger partial charge in [0.15, 0.2) is 0 Å². The van der Waals surface area contributed by atoms with Gasteiger partial charge in [-0.1, -0.05) is 6.92 Å². The lowest BCUT2D eigenvalue weighted by molar-refractivity contribution is 0.355. The largest absolute Gasteiger partial charge is 0.314 e. The van der Waals surface area contributed by atoms with E-state index in [0.29, 0.717) is 6.04 Å². The second-order valence-corrected chi connectivity index (χ2v) is 6.01. The highest BCUT2D eigenvalue weighted by molar-refractivity contribution is 9.10. The molecule has 0 aliphatic carbocycles. The standard InChI is InChI=1S/C14H27BrN4/c1-6-16-12(8-9-18(4)5)10-13-14(15)11(3)17-19(13)7-2/h12,16H,6-10H2,1-5H3. The zero-order valence-electron chi connectivity index (χ0n) is 12.8. The third kappa shape index (κ3) is 4.89. The molecule has 110 valence electrons. The Kier molecular flexibility index (Phi) is 7.04. The minimum absolute atomic E-state index is 0.505. The van der Waals surface area contributed by atoms with Crippen LogP contribution in [0.1, 0.15) is 31.7 Å². The van der Waals surface area contributed by atoms with Crippen molar-refractivity contribution in [3.8, 4) is 0 Å². The summed E-state index contributed by atoms with van der Waals surface area (Å²) in [6.45, 7) is 9.41. The molecule has 0 radical (unpaired) electrons. The van der Waals surface area contributed by atoms with E-state index in [1.165, 1.54) is 10.2 Å². The van der Waals surface area contributed by atoms with Crippen LogP contribution in [0.5, 0.6) is 0 Å². The highest BCUT2D eigenvalue weighted by atomic mass is 79.9. The molecule has 0 saturated carbocycles. The maximum atomic E-state index is 4.57. The maximum Gasteiger partial charge on any atom is 0.0738 e. The van der Waals surface area contributed by atoms with Crippen LogP contribution in [0.25, 0.3) is 0 Å². The number of aromatic nitrogens is 2. The summed E-state index contributed by atoms with van der Waals surface area (Å²) in [6.07, 6.45) is 2.18. The van der Waals surface area contributed by atoms with E-state index in [1.807, 2.05) is 0 Å². The molecule has 1 aromatic rings. The molecule has 0 aromatic carbocycles. The van der Waals surface area contributed by atoms with Gasteiger partial charge in [-0.2, -0.15) is 5.10 Å². The molecule has 0 spiro atoms. The van der Waals surface area contributed by atoms with Crippen molar-refractivity contribution in [2.75, 3.05) is 27.2 Å². The molecule has 0 fully saturated rings. The number of rotatable bonds is 8. The van der Waals surface area contributed by atoms with E-state index in [9.17, 15) is 0 Å². The van der Waals surface area contributed by atoms with Crippen molar-refractivity contribution < 1.29 is 0 Å². The van der Waals surface area contributed by atoms with Gasteiger partial charge in [-0.25, -0.2) is 0 Å². The van der Waals surface area contributed by atoms with Gasteiger partial charge in [-0.3, -0.25) is 4.68 Å². The lowest BCUT2D eigenvalue weighted by Gasteiger charge is -2.20. The van der Waals surface area contributed by atoms with Crippen LogP contribution in [0.2, 0.25) is 0 Å². The summed E-state index contributed by atoms with van der Waals surface area (Å²) in [4.78, 5) is 2.24. The average molecular weight is 331 g/mol. The summed E-state index contributed by atoms with van der Waals surface area (Å²) in [5, 5.41) is 8.15. The van der Waals surface area contributed by atoms with E-state index in [2.05, 4.69) is 70.8 Å². The number of likely N-dealkylation sites (N-methyl/N-ethyl adjacent to an activating group) is 1. The lowest BCUT2D eigenvalue weighted by atomic mass is 10.1. The molecular formula is C14H27BrN4. The normalized spacial score (nSPS) is 13.2. The Labute approximate surface area is 125 Å². The third-order valence-electron chi connectivity index (χ3n) is 3.31. The predicted molar refractivity (Wildman–Crippen MR) is 84.7 cm³/mol. The number of aryl methyl sites for hydroxylation is 2. The average Bonchev–Trinajstić information content (AvgIpc) is 2.63. The molecule has 4 nitrogen and oxygen atoms in total. The van der Waals surface area contributed by atoms with Gasteiger partial charge in [0, 0.05) is 19.0 Å². The fourth-order valence-electron chi connectivity index (χ4n) is 2.28. The Bertz CT molecular complexity index is 387. The summed E-state index contributed by atoms with van der Waals surface area (Å²) >= 11 is 3.68. The van der Waals surface area contributed by atoms with Gasteiger partial charge in [0.2, 0.25) is 0 Å². The van der Waals surface area contributed by atoms with E-state index in [1.54, 1.807) is 0 Å². The van der Waals surface area contributed by atoms with Gasteiger partial charge in [0.25, 0.3) is 0 Å². The summed E-state index contributed by atoms with van der Waals surface area (Å²) in [5.41, 5.74) is 2.39. The lowest BCUT2D eigenvalue weighted by Crippen LogP contribution is -2.34. The summed E-state index contributed by atoms with van der Waals surface area (Å²) < 4.78 is 3.28. The Morgan fingerprint density at radius 3 is 2.58 bits per heavy atom. The van der Waals surface area contributed by atoms with Crippen LogP contribution in [-0.4, -0.2) is 47.9 Å². The quantitative estimate of drug-likeness (QED) is 0.794. The number of hydrogen-bond acceptors (Lipinski definition) is 3. The Morgan fingerprint density at radius 1 is 1.37 bits per heavy atom. The summed E-state index contributed by atoms with van der Waals surface area (Å²) in [5.74, 6) is 0. The second-order valence-electron chi connectivity index (χ2n) is 5.21. The molecule has 0 saturated heterocycles. The van der Waals surface area contributed by atoms with Crippen molar-refractivity contribution in [1.82, 2.24) is 20.0 Å². The van der Waals surface area contributed by atoms with E-state index < -0.39 is 0 Å². The third-order valence-corrected chi connectivity index (χ3v) is 4.34. The molecule has 1 atom stereocenters. The van der Waals surface area contributed by atoms with Crippen molar-refractivity contribution in [2.45, 2.75) is 46.2 Å². The molecule has 0 amide bonds. The van der Waals surface area contributed by atoms with Crippen LogP contribution in [-0.2, 0) is 13.0 Å². The Hall–Kier alpha value is -0.390. The minimum Gasteiger partial charge on any atom is -0.314 e. The minimum atomic E-state index is 0.505. The molecule has 1 heterocycles. The number of nitrogens with zero attached hydrogens (tertiary/aromatic N) is 3. The molecule has 1 unspecified atom stereocenters. The zero-order chi connectivity index (χ0) is 14.4. The van der Waals surface area contributed by atoms with E-state index in [-0.39, 0.29) is 0 Å². The molecule has 0 aliphatic heterocycles. The van der Waals surface area contributed by atoms with Gasteiger partial charge in [0.05, 0.1) is 15.9 Å². The number of nitrogens with one attached hydrogen (secondary N) is 1. The van der Waals surface area contributed by atoms with E-state index in [0.717, 1.165) is 38.2 Å². The molecule has 5 heteroatoms. The van der Waals surface area contributed by atoms with Crippen LogP contribution < -0.4 is 5.32 Å². The maximum absolute atomic E-state index is 4.57. The Morgan fingerprint density at radius 2 is 2.05 bits per heavy atom. The number of halogens is 1. The van der Waals surface area contributed by atoms with Crippen LogP contribution in [0.15, 0.2) is 4.47 Å². The van der Waals surface area contributed by atoms with Gasteiger partial charge < -0.3 is 10.2 Å².